The lowest BCUT2D eigenvalue weighted by Gasteiger charge is -2.11. The Morgan fingerprint density at radius 1 is 0.962 bits per heavy atom. The van der Waals surface area contributed by atoms with Gasteiger partial charge in [-0.3, -0.25) is 4.40 Å². The second-order valence-electron chi connectivity index (χ2n) is 5.68. The fraction of sp³-hybridized carbons (Fsp3) is 0.118. The highest BCUT2D eigenvalue weighted by Crippen LogP contribution is 2.33. The van der Waals surface area contributed by atoms with Gasteiger partial charge in [-0.2, -0.15) is 13.2 Å². The van der Waals surface area contributed by atoms with E-state index < -0.39 is 28.9 Å². The van der Waals surface area contributed by atoms with Crippen LogP contribution in [0.15, 0.2) is 36.4 Å². The van der Waals surface area contributed by atoms with Gasteiger partial charge in [-0.05, 0) is 37.3 Å². The monoisotopic (exact) mass is 364 g/mol. The minimum Gasteiger partial charge on any atom is -0.272 e. The minimum absolute atomic E-state index is 0.0163. The van der Waals surface area contributed by atoms with Crippen LogP contribution in [0.25, 0.3) is 28.1 Å². The number of benzene rings is 2. The first kappa shape index (κ1) is 16.4. The molecule has 9 heteroatoms. The molecule has 0 N–H and O–H groups in total. The smallest absolute Gasteiger partial charge is 0.272 e. The molecule has 0 aliphatic rings. The molecule has 0 bridgehead atoms. The van der Waals surface area contributed by atoms with Crippen LogP contribution < -0.4 is 0 Å². The van der Waals surface area contributed by atoms with Gasteiger partial charge in [0.15, 0.2) is 11.5 Å². The molecule has 4 rings (SSSR count). The number of rotatable bonds is 1. The van der Waals surface area contributed by atoms with Gasteiger partial charge < -0.3 is 0 Å². The van der Waals surface area contributed by atoms with Crippen LogP contribution in [-0.4, -0.2) is 19.6 Å². The van der Waals surface area contributed by atoms with E-state index in [0.717, 1.165) is 24.3 Å². The van der Waals surface area contributed by atoms with Crippen molar-refractivity contribution in [1.82, 2.24) is 19.6 Å². The molecule has 4 nitrogen and oxygen atoms in total. The van der Waals surface area contributed by atoms with E-state index in [0.29, 0.717) is 0 Å². The third-order valence-electron chi connectivity index (χ3n) is 4.00. The number of aryl methyl sites for hydroxylation is 1. The van der Waals surface area contributed by atoms with Crippen molar-refractivity contribution in [1.29, 1.82) is 0 Å². The molecule has 2 aromatic carbocycles. The lowest BCUT2D eigenvalue weighted by Crippen LogP contribution is -2.06. The Hall–Kier alpha value is -3.10. The molecular formula is C17H9F5N4. The zero-order valence-corrected chi connectivity index (χ0v) is 13.1. The van der Waals surface area contributed by atoms with Crippen LogP contribution in [-0.2, 0) is 6.18 Å². The second-order valence-corrected chi connectivity index (χ2v) is 5.68. The number of hydrogen-bond acceptors (Lipinski definition) is 3. The van der Waals surface area contributed by atoms with Gasteiger partial charge in [0.25, 0.3) is 0 Å². The molecular weight excluding hydrogens is 355 g/mol. The average Bonchev–Trinajstić information content (AvgIpc) is 2.99. The molecule has 0 saturated heterocycles. The van der Waals surface area contributed by atoms with E-state index in [1.807, 2.05) is 0 Å². The van der Waals surface area contributed by atoms with Gasteiger partial charge in [0, 0.05) is 0 Å². The Balaban J connectivity index is 2.11. The topological polar surface area (TPSA) is 43.1 Å². The summed E-state index contributed by atoms with van der Waals surface area (Å²) >= 11 is 0. The quantitative estimate of drug-likeness (QED) is 0.466. The molecule has 0 atom stereocenters. The molecule has 0 unspecified atom stereocenters. The van der Waals surface area contributed by atoms with Gasteiger partial charge >= 0.3 is 6.18 Å². The number of halogens is 5. The first-order valence-corrected chi connectivity index (χ1v) is 7.44. The molecule has 0 saturated carbocycles. The van der Waals surface area contributed by atoms with E-state index in [2.05, 4.69) is 15.2 Å². The predicted molar refractivity (Wildman–Crippen MR) is 83.4 cm³/mol. The minimum atomic E-state index is -4.54. The second kappa shape index (κ2) is 5.45. The van der Waals surface area contributed by atoms with Crippen LogP contribution in [0.2, 0.25) is 0 Å². The molecule has 132 valence electrons. The maximum atomic E-state index is 14.2. The van der Waals surface area contributed by atoms with Crippen molar-refractivity contribution < 1.29 is 22.0 Å². The third kappa shape index (κ3) is 2.39. The number of hydrogen-bond donors (Lipinski definition) is 0. The SMILES string of the molecule is Cc1nc2cc(C(F)(F)F)ccc2n2c(-c3c(F)cccc3F)nnc12. The Bertz CT molecular complexity index is 1140. The zero-order valence-electron chi connectivity index (χ0n) is 13.1. The Kier molecular flexibility index (Phi) is 3.43. The van der Waals surface area contributed by atoms with E-state index in [4.69, 9.17) is 0 Å². The van der Waals surface area contributed by atoms with Crippen LogP contribution >= 0.6 is 0 Å². The summed E-state index contributed by atoms with van der Waals surface area (Å²) < 4.78 is 68.5. The standard InChI is InChI=1S/C17H9F5N4/c1-8-15-24-25-16(14-10(18)3-2-4-11(14)19)26(15)13-6-5-9(17(20,21)22)7-12(13)23-8/h2-7H,1H3. The van der Waals surface area contributed by atoms with Crippen LogP contribution in [0.4, 0.5) is 22.0 Å². The largest absolute Gasteiger partial charge is 0.416 e. The van der Waals surface area contributed by atoms with Crippen molar-refractivity contribution in [3.8, 4) is 11.4 Å². The molecule has 0 radical (unpaired) electrons. The van der Waals surface area contributed by atoms with Crippen molar-refractivity contribution in [3.05, 3.63) is 59.3 Å². The Labute approximate surface area is 142 Å². The van der Waals surface area contributed by atoms with Gasteiger partial charge in [0.05, 0.1) is 27.9 Å². The fourth-order valence-electron chi connectivity index (χ4n) is 2.83. The third-order valence-corrected chi connectivity index (χ3v) is 4.00. The Morgan fingerprint density at radius 3 is 2.31 bits per heavy atom. The Morgan fingerprint density at radius 2 is 1.65 bits per heavy atom. The summed E-state index contributed by atoms with van der Waals surface area (Å²) in [7, 11) is 0. The van der Waals surface area contributed by atoms with E-state index in [1.165, 1.54) is 23.5 Å². The zero-order chi connectivity index (χ0) is 18.6. The van der Waals surface area contributed by atoms with Crippen molar-refractivity contribution >= 4 is 16.7 Å². The summed E-state index contributed by atoms with van der Waals surface area (Å²) in [6.45, 7) is 1.53. The molecule has 2 heterocycles. The van der Waals surface area contributed by atoms with Crippen molar-refractivity contribution in [2.75, 3.05) is 0 Å². The van der Waals surface area contributed by atoms with Crippen LogP contribution in [0.1, 0.15) is 11.3 Å². The molecule has 0 aliphatic carbocycles. The molecule has 2 aromatic heterocycles. The lowest BCUT2D eigenvalue weighted by molar-refractivity contribution is -0.137. The molecule has 0 amide bonds. The summed E-state index contributed by atoms with van der Waals surface area (Å²) in [6.07, 6.45) is -4.54. The first-order chi connectivity index (χ1) is 12.3. The van der Waals surface area contributed by atoms with Gasteiger partial charge in [0.2, 0.25) is 0 Å². The first-order valence-electron chi connectivity index (χ1n) is 7.44. The highest BCUT2D eigenvalue weighted by Gasteiger charge is 2.31. The van der Waals surface area contributed by atoms with Crippen LogP contribution in [0.5, 0.6) is 0 Å². The summed E-state index contributed by atoms with van der Waals surface area (Å²) in [5.41, 5.74) is -0.569. The van der Waals surface area contributed by atoms with Gasteiger partial charge in [-0.15, -0.1) is 10.2 Å². The lowest BCUT2D eigenvalue weighted by atomic mass is 10.1. The summed E-state index contributed by atoms with van der Waals surface area (Å²) in [4.78, 5) is 4.12. The maximum absolute atomic E-state index is 14.2. The molecule has 0 fully saturated rings. The highest BCUT2D eigenvalue weighted by atomic mass is 19.4. The van der Waals surface area contributed by atoms with Gasteiger partial charge in [-0.1, -0.05) is 6.07 Å². The summed E-state index contributed by atoms with van der Waals surface area (Å²) in [6, 6.07) is 6.28. The number of nitrogens with zero attached hydrogens (tertiary/aromatic N) is 4. The van der Waals surface area contributed by atoms with Crippen molar-refractivity contribution in [2.24, 2.45) is 0 Å². The van der Waals surface area contributed by atoms with Gasteiger partial charge in [0.1, 0.15) is 11.6 Å². The fourth-order valence-corrected chi connectivity index (χ4v) is 2.83. The number of fused-ring (bicyclic) bond motifs is 3. The van der Waals surface area contributed by atoms with E-state index in [-0.39, 0.29) is 28.2 Å². The average molecular weight is 364 g/mol. The van der Waals surface area contributed by atoms with E-state index in [9.17, 15) is 22.0 Å². The number of aromatic nitrogens is 4. The van der Waals surface area contributed by atoms with E-state index >= 15 is 0 Å². The van der Waals surface area contributed by atoms with Crippen molar-refractivity contribution in [2.45, 2.75) is 13.1 Å². The maximum Gasteiger partial charge on any atom is 0.416 e. The summed E-state index contributed by atoms with van der Waals surface area (Å²) in [5, 5.41) is 7.73. The molecule has 0 spiro atoms. The van der Waals surface area contributed by atoms with Crippen LogP contribution in [0.3, 0.4) is 0 Å². The normalized spacial score (nSPS) is 12.2. The van der Waals surface area contributed by atoms with Gasteiger partial charge in [-0.25, -0.2) is 13.8 Å². The molecule has 0 aliphatic heterocycles. The van der Waals surface area contributed by atoms with E-state index in [1.54, 1.807) is 0 Å². The van der Waals surface area contributed by atoms with Crippen LogP contribution in [0, 0.1) is 18.6 Å². The summed E-state index contributed by atoms with van der Waals surface area (Å²) in [5.74, 6) is -1.85. The molecule has 4 aromatic rings. The molecule has 26 heavy (non-hydrogen) atoms. The number of alkyl halides is 3. The van der Waals surface area contributed by atoms with Crippen molar-refractivity contribution in [3.63, 3.8) is 0 Å². The predicted octanol–water partition coefficient (Wildman–Crippen LogP) is 4.55. The highest BCUT2D eigenvalue weighted by molar-refractivity contribution is 5.82.